The van der Waals surface area contributed by atoms with Crippen molar-refractivity contribution >= 4 is 22.6 Å². The molecular weight excluding hydrogens is 347 g/mol. The summed E-state index contributed by atoms with van der Waals surface area (Å²) in [6.45, 7) is 6.31. The van der Waals surface area contributed by atoms with Crippen molar-refractivity contribution in [1.29, 1.82) is 0 Å². The van der Waals surface area contributed by atoms with Crippen LogP contribution in [0.1, 0.15) is 58.4 Å². The molecular formula is C17H25IO. The molecule has 1 aliphatic rings. The predicted octanol–water partition coefficient (Wildman–Crippen LogP) is 5.59. The highest BCUT2D eigenvalue weighted by Crippen LogP contribution is 2.30. The molecule has 1 aliphatic carbocycles. The zero-order valence-electron chi connectivity index (χ0n) is 12.3. The van der Waals surface area contributed by atoms with Gasteiger partial charge in [-0.1, -0.05) is 32.1 Å². The topological polar surface area (TPSA) is 9.23 Å². The zero-order valence-corrected chi connectivity index (χ0v) is 14.5. The summed E-state index contributed by atoms with van der Waals surface area (Å²) in [7, 11) is 0. The minimum Gasteiger partial charge on any atom is -0.488 e. The lowest BCUT2D eigenvalue weighted by molar-refractivity contribution is 0.130. The number of ether oxygens (including phenoxy) is 1. The van der Waals surface area contributed by atoms with Gasteiger partial charge in [0, 0.05) is 3.57 Å². The summed E-state index contributed by atoms with van der Waals surface area (Å²) in [5.74, 6) is 1.89. The Morgan fingerprint density at radius 1 is 1.16 bits per heavy atom. The molecule has 106 valence electrons. The molecule has 0 unspecified atom stereocenters. The van der Waals surface area contributed by atoms with Crippen LogP contribution in [-0.4, -0.2) is 5.60 Å². The highest BCUT2D eigenvalue weighted by molar-refractivity contribution is 14.1. The summed E-state index contributed by atoms with van der Waals surface area (Å²) in [6, 6.07) is 6.54. The molecule has 0 spiro atoms. The molecule has 2 rings (SSSR count). The van der Waals surface area contributed by atoms with Gasteiger partial charge in [0.15, 0.2) is 0 Å². The first kappa shape index (κ1) is 15.1. The van der Waals surface area contributed by atoms with E-state index in [-0.39, 0.29) is 5.60 Å². The van der Waals surface area contributed by atoms with E-state index in [0.29, 0.717) is 0 Å². The number of hydrogen-bond donors (Lipinski definition) is 0. The third-order valence-electron chi connectivity index (χ3n) is 3.67. The Hall–Kier alpha value is -0.250. The number of hydrogen-bond acceptors (Lipinski definition) is 1. The van der Waals surface area contributed by atoms with Crippen LogP contribution in [0.15, 0.2) is 18.2 Å². The van der Waals surface area contributed by atoms with Crippen molar-refractivity contribution in [3.05, 3.63) is 27.3 Å². The van der Waals surface area contributed by atoms with Crippen LogP contribution in [0.4, 0.5) is 0 Å². The third kappa shape index (κ3) is 4.97. The van der Waals surface area contributed by atoms with Crippen LogP contribution >= 0.6 is 22.6 Å². The van der Waals surface area contributed by atoms with Crippen LogP contribution in [-0.2, 0) is 6.42 Å². The lowest BCUT2D eigenvalue weighted by Crippen LogP contribution is -2.23. The van der Waals surface area contributed by atoms with Crippen LogP contribution in [0.5, 0.6) is 5.75 Å². The molecule has 2 heteroatoms. The van der Waals surface area contributed by atoms with Crippen LogP contribution in [0, 0.1) is 9.49 Å². The first-order chi connectivity index (χ1) is 8.94. The van der Waals surface area contributed by atoms with Crippen molar-refractivity contribution < 1.29 is 4.74 Å². The van der Waals surface area contributed by atoms with Gasteiger partial charge >= 0.3 is 0 Å². The molecule has 0 heterocycles. The standard InChI is InChI=1S/C17H25IO/c1-17(2,3)19-15-9-10-16(18)14(12-15)11-13-7-5-4-6-8-13/h9-10,12-13H,4-8,11H2,1-3H3. The molecule has 19 heavy (non-hydrogen) atoms. The first-order valence-electron chi connectivity index (χ1n) is 7.41. The van der Waals surface area contributed by atoms with E-state index in [1.807, 2.05) is 0 Å². The van der Waals surface area contributed by atoms with Crippen LogP contribution < -0.4 is 4.74 Å². The Morgan fingerprint density at radius 3 is 2.47 bits per heavy atom. The van der Waals surface area contributed by atoms with E-state index in [2.05, 4.69) is 61.6 Å². The Morgan fingerprint density at radius 2 is 1.84 bits per heavy atom. The summed E-state index contributed by atoms with van der Waals surface area (Å²) in [4.78, 5) is 0. The van der Waals surface area contributed by atoms with Crippen molar-refractivity contribution in [3.8, 4) is 5.75 Å². The average molecular weight is 372 g/mol. The van der Waals surface area contributed by atoms with E-state index in [1.165, 1.54) is 47.7 Å². The second-order valence-electron chi connectivity index (χ2n) is 6.68. The normalized spacial score (nSPS) is 17.5. The minimum atomic E-state index is -0.116. The van der Waals surface area contributed by atoms with E-state index < -0.39 is 0 Å². The fourth-order valence-electron chi connectivity index (χ4n) is 2.83. The van der Waals surface area contributed by atoms with E-state index >= 15 is 0 Å². The smallest absolute Gasteiger partial charge is 0.120 e. The number of benzene rings is 1. The molecule has 1 saturated carbocycles. The average Bonchev–Trinajstić information content (AvgIpc) is 2.33. The molecule has 0 saturated heterocycles. The molecule has 0 N–H and O–H groups in total. The summed E-state index contributed by atoms with van der Waals surface area (Å²) >= 11 is 2.45. The summed E-state index contributed by atoms with van der Waals surface area (Å²) in [6.07, 6.45) is 8.29. The maximum Gasteiger partial charge on any atom is 0.120 e. The molecule has 1 nitrogen and oxygen atoms in total. The SMILES string of the molecule is CC(C)(C)Oc1ccc(I)c(CC2CCCCC2)c1. The Bertz CT molecular complexity index is 414. The Balaban J connectivity index is 2.08. The van der Waals surface area contributed by atoms with Crippen molar-refractivity contribution in [2.24, 2.45) is 5.92 Å². The van der Waals surface area contributed by atoms with E-state index in [9.17, 15) is 0 Å². The fourth-order valence-corrected chi connectivity index (χ4v) is 3.38. The molecule has 1 fully saturated rings. The van der Waals surface area contributed by atoms with Gasteiger partial charge in [-0.3, -0.25) is 0 Å². The molecule has 0 amide bonds. The second-order valence-corrected chi connectivity index (χ2v) is 7.84. The lowest BCUT2D eigenvalue weighted by atomic mass is 9.85. The Kier molecular flexibility index (Phi) is 5.15. The molecule has 0 radical (unpaired) electrons. The molecule has 0 aliphatic heterocycles. The number of halogens is 1. The van der Waals surface area contributed by atoms with Gasteiger partial charge in [-0.25, -0.2) is 0 Å². The quantitative estimate of drug-likeness (QED) is 0.629. The van der Waals surface area contributed by atoms with Crippen LogP contribution in [0.25, 0.3) is 0 Å². The van der Waals surface area contributed by atoms with Crippen LogP contribution in [0.2, 0.25) is 0 Å². The second kappa shape index (κ2) is 6.47. The predicted molar refractivity (Wildman–Crippen MR) is 89.8 cm³/mol. The molecule has 1 aromatic carbocycles. The highest BCUT2D eigenvalue weighted by Gasteiger charge is 2.17. The van der Waals surface area contributed by atoms with Gasteiger partial charge in [0.1, 0.15) is 11.4 Å². The number of rotatable bonds is 3. The monoisotopic (exact) mass is 372 g/mol. The zero-order chi connectivity index (χ0) is 13.9. The largest absolute Gasteiger partial charge is 0.488 e. The van der Waals surface area contributed by atoms with Gasteiger partial charge in [-0.05, 0) is 79.5 Å². The first-order valence-corrected chi connectivity index (χ1v) is 8.49. The van der Waals surface area contributed by atoms with E-state index in [4.69, 9.17) is 4.74 Å². The van der Waals surface area contributed by atoms with Gasteiger partial charge in [0.2, 0.25) is 0 Å². The van der Waals surface area contributed by atoms with Gasteiger partial charge in [0.05, 0.1) is 0 Å². The van der Waals surface area contributed by atoms with Gasteiger partial charge in [-0.15, -0.1) is 0 Å². The van der Waals surface area contributed by atoms with Gasteiger partial charge in [0.25, 0.3) is 0 Å². The summed E-state index contributed by atoms with van der Waals surface area (Å²) in [5.41, 5.74) is 1.35. The maximum atomic E-state index is 5.98. The van der Waals surface area contributed by atoms with Crippen LogP contribution in [0.3, 0.4) is 0 Å². The summed E-state index contributed by atoms with van der Waals surface area (Å²) in [5, 5.41) is 0. The molecule has 0 bridgehead atoms. The molecule has 0 aromatic heterocycles. The van der Waals surface area contributed by atoms with Crippen molar-refractivity contribution in [3.63, 3.8) is 0 Å². The van der Waals surface area contributed by atoms with E-state index in [1.54, 1.807) is 0 Å². The third-order valence-corrected chi connectivity index (χ3v) is 4.73. The minimum absolute atomic E-state index is 0.116. The van der Waals surface area contributed by atoms with Crippen molar-refractivity contribution in [2.45, 2.75) is 64.9 Å². The molecule has 0 atom stereocenters. The summed E-state index contributed by atoms with van der Waals surface area (Å²) < 4.78 is 7.36. The molecule has 1 aromatic rings. The van der Waals surface area contributed by atoms with Gasteiger partial charge in [-0.2, -0.15) is 0 Å². The Labute approximate surface area is 131 Å². The van der Waals surface area contributed by atoms with E-state index in [0.717, 1.165) is 11.7 Å². The maximum absolute atomic E-state index is 5.98. The fraction of sp³-hybridized carbons (Fsp3) is 0.647. The lowest BCUT2D eigenvalue weighted by Gasteiger charge is -2.24. The highest BCUT2D eigenvalue weighted by atomic mass is 127. The van der Waals surface area contributed by atoms with Crippen molar-refractivity contribution in [2.75, 3.05) is 0 Å². The van der Waals surface area contributed by atoms with Gasteiger partial charge < -0.3 is 4.74 Å². The van der Waals surface area contributed by atoms with Crippen molar-refractivity contribution in [1.82, 2.24) is 0 Å².